The topological polar surface area (TPSA) is 31.4 Å². The van der Waals surface area contributed by atoms with Gasteiger partial charge in [-0.2, -0.15) is 0 Å². The van der Waals surface area contributed by atoms with Crippen molar-refractivity contribution in [1.29, 1.82) is 0 Å². The highest BCUT2D eigenvalue weighted by Crippen LogP contribution is 2.29. The molecule has 0 saturated carbocycles. The Balaban J connectivity index is 0.00000117. The van der Waals surface area contributed by atoms with E-state index in [1.54, 1.807) is 6.20 Å². The van der Waals surface area contributed by atoms with Crippen molar-refractivity contribution in [1.82, 2.24) is 4.98 Å². The molecule has 3 aromatic rings. The smallest absolute Gasteiger partial charge is 0.179 e. The molecule has 4 heteroatoms. The van der Waals surface area contributed by atoms with Crippen molar-refractivity contribution < 1.29 is 9.47 Å². The Hall–Kier alpha value is -2.52. The molecule has 1 aromatic heterocycles. The predicted molar refractivity (Wildman–Crippen MR) is 107 cm³/mol. The van der Waals surface area contributed by atoms with Gasteiger partial charge in [-0.3, -0.25) is 4.98 Å². The Morgan fingerprint density at radius 1 is 0.769 bits per heavy atom. The SMILES string of the molecule is CC.ClCc1cc(OCc2ccccc2)c(OCc2ccccc2)cn1. The fourth-order valence-corrected chi connectivity index (χ4v) is 2.38. The van der Waals surface area contributed by atoms with Gasteiger partial charge in [-0.1, -0.05) is 74.5 Å². The highest BCUT2D eigenvalue weighted by Gasteiger charge is 2.09. The minimum absolute atomic E-state index is 0.334. The van der Waals surface area contributed by atoms with E-state index in [1.807, 2.05) is 80.6 Å². The van der Waals surface area contributed by atoms with Crippen LogP contribution in [0.2, 0.25) is 0 Å². The Morgan fingerprint density at radius 2 is 1.27 bits per heavy atom. The molecule has 0 radical (unpaired) electrons. The van der Waals surface area contributed by atoms with E-state index in [-0.39, 0.29) is 0 Å². The average molecular weight is 370 g/mol. The summed E-state index contributed by atoms with van der Waals surface area (Å²) in [6.07, 6.45) is 1.67. The Bertz CT molecular complexity index is 764. The van der Waals surface area contributed by atoms with Gasteiger partial charge in [-0.25, -0.2) is 0 Å². The lowest BCUT2D eigenvalue weighted by molar-refractivity contribution is 0.254. The van der Waals surface area contributed by atoms with Crippen LogP contribution in [0.3, 0.4) is 0 Å². The van der Waals surface area contributed by atoms with Crippen LogP contribution in [0, 0.1) is 0 Å². The summed E-state index contributed by atoms with van der Waals surface area (Å²) in [6.45, 7) is 4.93. The van der Waals surface area contributed by atoms with Crippen LogP contribution in [0.25, 0.3) is 0 Å². The monoisotopic (exact) mass is 369 g/mol. The standard InChI is InChI=1S/C20H18ClNO2.C2H6/c21-12-18-11-19(23-14-16-7-3-1-4-8-16)20(13-22-18)24-15-17-9-5-2-6-10-17;1-2/h1-11,13H,12,14-15H2;1-2H3. The summed E-state index contributed by atoms with van der Waals surface area (Å²) < 4.78 is 11.8. The van der Waals surface area contributed by atoms with Crippen LogP contribution >= 0.6 is 11.6 Å². The summed E-state index contributed by atoms with van der Waals surface area (Å²) in [5.74, 6) is 1.60. The molecule has 26 heavy (non-hydrogen) atoms. The highest BCUT2D eigenvalue weighted by atomic mass is 35.5. The van der Waals surface area contributed by atoms with Crippen molar-refractivity contribution in [2.75, 3.05) is 0 Å². The van der Waals surface area contributed by atoms with Crippen LogP contribution in [-0.2, 0) is 19.1 Å². The molecule has 2 aromatic carbocycles. The minimum Gasteiger partial charge on any atom is -0.485 e. The molecule has 0 atom stereocenters. The third kappa shape index (κ3) is 6.08. The van der Waals surface area contributed by atoms with E-state index in [9.17, 15) is 0 Å². The lowest BCUT2D eigenvalue weighted by Crippen LogP contribution is -2.02. The van der Waals surface area contributed by atoms with Crippen LogP contribution in [0.5, 0.6) is 11.5 Å². The van der Waals surface area contributed by atoms with Gasteiger partial charge in [0.15, 0.2) is 11.5 Å². The van der Waals surface area contributed by atoms with Gasteiger partial charge in [0.1, 0.15) is 13.2 Å². The number of aromatic nitrogens is 1. The minimum atomic E-state index is 0.334. The molecule has 0 aliphatic rings. The molecular formula is C22H24ClNO2. The second-order valence-corrected chi connectivity index (χ2v) is 5.57. The molecule has 0 N–H and O–H groups in total. The van der Waals surface area contributed by atoms with Gasteiger partial charge in [0.2, 0.25) is 0 Å². The number of ether oxygens (including phenoxy) is 2. The molecule has 0 aliphatic heterocycles. The molecule has 0 unspecified atom stereocenters. The summed E-state index contributed by atoms with van der Waals surface area (Å²) >= 11 is 5.88. The van der Waals surface area contributed by atoms with Crippen LogP contribution in [0.15, 0.2) is 72.9 Å². The molecule has 0 spiro atoms. The first-order valence-electron chi connectivity index (χ1n) is 8.73. The first-order valence-corrected chi connectivity index (χ1v) is 9.27. The Morgan fingerprint density at radius 3 is 1.77 bits per heavy atom. The van der Waals surface area contributed by atoms with Crippen molar-refractivity contribution >= 4 is 11.6 Å². The van der Waals surface area contributed by atoms with Crippen LogP contribution < -0.4 is 9.47 Å². The number of halogens is 1. The molecule has 3 nitrogen and oxygen atoms in total. The largest absolute Gasteiger partial charge is 0.485 e. The summed E-state index contributed by atoms with van der Waals surface area (Å²) in [4.78, 5) is 4.29. The average Bonchev–Trinajstić information content (AvgIpc) is 2.74. The third-order valence-corrected chi connectivity index (χ3v) is 3.77. The van der Waals surface area contributed by atoms with Gasteiger partial charge in [0.25, 0.3) is 0 Å². The Labute approximate surface area is 160 Å². The zero-order valence-electron chi connectivity index (χ0n) is 15.2. The van der Waals surface area contributed by atoms with Gasteiger partial charge in [0.05, 0.1) is 17.8 Å². The molecule has 0 aliphatic carbocycles. The number of hydrogen-bond acceptors (Lipinski definition) is 3. The summed E-state index contributed by atoms with van der Waals surface area (Å²) in [7, 11) is 0. The van der Waals surface area contributed by atoms with E-state index >= 15 is 0 Å². The maximum Gasteiger partial charge on any atom is 0.179 e. The molecule has 0 fully saturated rings. The number of alkyl halides is 1. The molecule has 136 valence electrons. The van der Waals surface area contributed by atoms with Gasteiger partial charge < -0.3 is 9.47 Å². The number of hydrogen-bond donors (Lipinski definition) is 0. The number of rotatable bonds is 7. The molecule has 0 bridgehead atoms. The zero-order chi connectivity index (χ0) is 18.6. The predicted octanol–water partition coefficient (Wildman–Crippen LogP) is 6.00. The van der Waals surface area contributed by atoms with E-state index in [1.165, 1.54) is 0 Å². The van der Waals surface area contributed by atoms with E-state index in [4.69, 9.17) is 21.1 Å². The van der Waals surface area contributed by atoms with Crippen molar-refractivity contribution in [3.05, 3.63) is 89.7 Å². The summed E-state index contributed by atoms with van der Waals surface area (Å²) in [5, 5.41) is 0. The second-order valence-electron chi connectivity index (χ2n) is 5.30. The molecular weight excluding hydrogens is 346 g/mol. The van der Waals surface area contributed by atoms with Crippen molar-refractivity contribution in [2.24, 2.45) is 0 Å². The highest BCUT2D eigenvalue weighted by molar-refractivity contribution is 6.16. The molecule has 3 rings (SSSR count). The maximum absolute atomic E-state index is 5.93. The van der Waals surface area contributed by atoms with Crippen molar-refractivity contribution in [3.8, 4) is 11.5 Å². The van der Waals surface area contributed by atoms with E-state index < -0.39 is 0 Å². The molecule has 1 heterocycles. The zero-order valence-corrected chi connectivity index (χ0v) is 15.9. The third-order valence-electron chi connectivity index (χ3n) is 3.50. The summed E-state index contributed by atoms with van der Waals surface area (Å²) in [5.41, 5.74) is 2.94. The fourth-order valence-electron chi connectivity index (χ4n) is 2.23. The number of benzene rings is 2. The lowest BCUT2D eigenvalue weighted by atomic mass is 10.2. The first-order chi connectivity index (χ1) is 12.8. The Kier molecular flexibility index (Phi) is 8.50. The van der Waals surface area contributed by atoms with E-state index in [0.717, 1.165) is 16.8 Å². The van der Waals surface area contributed by atoms with Gasteiger partial charge in [-0.05, 0) is 11.1 Å². The second kappa shape index (κ2) is 11.2. The first kappa shape index (κ1) is 19.8. The van der Waals surface area contributed by atoms with Crippen LogP contribution in [0.4, 0.5) is 0 Å². The van der Waals surface area contributed by atoms with Gasteiger partial charge in [0, 0.05) is 6.07 Å². The molecule has 0 amide bonds. The van der Waals surface area contributed by atoms with Gasteiger partial charge >= 0.3 is 0 Å². The van der Waals surface area contributed by atoms with Crippen LogP contribution in [-0.4, -0.2) is 4.98 Å². The quantitative estimate of drug-likeness (QED) is 0.478. The maximum atomic E-state index is 5.93. The van der Waals surface area contributed by atoms with Crippen LogP contribution in [0.1, 0.15) is 30.7 Å². The summed E-state index contributed by atoms with van der Waals surface area (Å²) in [6, 6.07) is 21.8. The van der Waals surface area contributed by atoms with Crippen molar-refractivity contribution in [2.45, 2.75) is 32.9 Å². The fraction of sp³-hybridized carbons (Fsp3) is 0.227. The lowest BCUT2D eigenvalue weighted by Gasteiger charge is -2.13. The normalized spacial score (nSPS) is 9.81. The molecule has 0 saturated heterocycles. The number of pyridine rings is 1. The van der Waals surface area contributed by atoms with Crippen molar-refractivity contribution in [3.63, 3.8) is 0 Å². The number of nitrogens with zero attached hydrogens (tertiary/aromatic N) is 1. The van der Waals surface area contributed by atoms with Gasteiger partial charge in [-0.15, -0.1) is 11.6 Å². The van der Waals surface area contributed by atoms with E-state index in [2.05, 4.69) is 4.98 Å². The van der Waals surface area contributed by atoms with E-state index in [0.29, 0.717) is 30.6 Å².